The van der Waals surface area contributed by atoms with Gasteiger partial charge in [-0.2, -0.15) is 0 Å². The van der Waals surface area contributed by atoms with Gasteiger partial charge in [0.2, 0.25) is 0 Å². The lowest BCUT2D eigenvalue weighted by Gasteiger charge is -2.47. The lowest BCUT2D eigenvalue weighted by atomic mass is 9.93. The van der Waals surface area contributed by atoms with Crippen LogP contribution in [0.25, 0.3) is 0 Å². The summed E-state index contributed by atoms with van der Waals surface area (Å²) in [5.74, 6) is 0.422. The van der Waals surface area contributed by atoms with Crippen molar-refractivity contribution in [1.29, 1.82) is 0 Å². The summed E-state index contributed by atoms with van der Waals surface area (Å²) >= 11 is 0. The van der Waals surface area contributed by atoms with Crippen molar-refractivity contribution in [3.63, 3.8) is 0 Å². The Hall–Kier alpha value is -3.55. The quantitative estimate of drug-likeness (QED) is 0.683. The summed E-state index contributed by atoms with van der Waals surface area (Å²) in [7, 11) is 1.61. The number of carbonyl (C=O) groups is 2. The maximum Gasteiger partial charge on any atom is 0.272 e. The molecule has 2 aliphatic rings. The standard InChI is InChI=1S/C21H20N4O4/c1-14-17(12-29-22-14)19(26)24-10-11-25-20(27)18-4-3-9-23(18)13-21(24,25)15-5-7-16(28-2)8-6-15/h3-9,12H,10-11,13H2,1-2H3. The molecule has 2 aromatic heterocycles. The van der Waals surface area contributed by atoms with Crippen molar-refractivity contribution in [3.05, 3.63) is 71.4 Å². The Morgan fingerprint density at radius 2 is 2.00 bits per heavy atom. The van der Waals surface area contributed by atoms with Gasteiger partial charge in [-0.1, -0.05) is 17.3 Å². The minimum atomic E-state index is -0.934. The van der Waals surface area contributed by atoms with Gasteiger partial charge in [0, 0.05) is 24.8 Å². The minimum absolute atomic E-state index is 0.0885. The maximum absolute atomic E-state index is 13.5. The van der Waals surface area contributed by atoms with Crippen molar-refractivity contribution >= 4 is 11.8 Å². The number of carbonyl (C=O) groups excluding carboxylic acids is 2. The fourth-order valence-corrected chi connectivity index (χ4v) is 4.45. The molecule has 0 spiro atoms. The molecule has 1 unspecified atom stereocenters. The van der Waals surface area contributed by atoms with Gasteiger partial charge in [-0.25, -0.2) is 0 Å². The van der Waals surface area contributed by atoms with E-state index in [0.29, 0.717) is 42.3 Å². The molecular weight excluding hydrogens is 372 g/mol. The number of benzene rings is 1. The molecular formula is C21H20N4O4. The molecule has 1 aromatic carbocycles. The second kappa shape index (κ2) is 6.23. The van der Waals surface area contributed by atoms with Gasteiger partial charge in [0.15, 0.2) is 5.66 Å². The van der Waals surface area contributed by atoms with E-state index in [1.165, 1.54) is 6.26 Å². The maximum atomic E-state index is 13.5. The van der Waals surface area contributed by atoms with E-state index in [2.05, 4.69) is 5.16 Å². The molecule has 3 aromatic rings. The van der Waals surface area contributed by atoms with Crippen molar-refractivity contribution in [1.82, 2.24) is 19.5 Å². The molecule has 1 atom stereocenters. The number of amides is 2. The van der Waals surface area contributed by atoms with E-state index in [0.717, 1.165) is 5.56 Å². The summed E-state index contributed by atoms with van der Waals surface area (Å²) in [6, 6.07) is 11.2. The zero-order valence-electron chi connectivity index (χ0n) is 16.2. The number of aryl methyl sites for hydroxylation is 1. The fraction of sp³-hybridized carbons (Fsp3) is 0.286. The summed E-state index contributed by atoms with van der Waals surface area (Å²) in [6.45, 7) is 3.06. The first-order valence-corrected chi connectivity index (χ1v) is 9.41. The van der Waals surface area contributed by atoms with Crippen molar-refractivity contribution in [2.45, 2.75) is 19.1 Å². The highest BCUT2D eigenvalue weighted by atomic mass is 16.5. The predicted molar refractivity (Wildman–Crippen MR) is 102 cm³/mol. The Balaban J connectivity index is 1.69. The van der Waals surface area contributed by atoms with E-state index >= 15 is 0 Å². The van der Waals surface area contributed by atoms with Gasteiger partial charge >= 0.3 is 0 Å². The SMILES string of the molecule is COc1ccc(C23Cn4cccc4C(=O)N2CCN3C(=O)c2conc2C)cc1. The second-order valence-corrected chi connectivity index (χ2v) is 7.29. The third-order valence-electron chi connectivity index (χ3n) is 5.90. The van der Waals surface area contributed by atoms with Crippen molar-refractivity contribution < 1.29 is 18.8 Å². The molecule has 2 aliphatic heterocycles. The van der Waals surface area contributed by atoms with E-state index < -0.39 is 5.66 Å². The number of nitrogens with zero attached hydrogens (tertiary/aromatic N) is 4. The van der Waals surface area contributed by atoms with Crippen molar-refractivity contribution in [2.75, 3.05) is 20.2 Å². The highest BCUT2D eigenvalue weighted by Gasteiger charge is 2.56. The zero-order valence-corrected chi connectivity index (χ0v) is 16.2. The van der Waals surface area contributed by atoms with Crippen LogP contribution in [0.2, 0.25) is 0 Å². The van der Waals surface area contributed by atoms with E-state index in [9.17, 15) is 9.59 Å². The van der Waals surface area contributed by atoms with Crippen LogP contribution in [-0.2, 0) is 12.2 Å². The molecule has 0 radical (unpaired) electrons. The molecule has 0 bridgehead atoms. The Labute approximate surface area is 167 Å². The molecule has 4 heterocycles. The molecule has 148 valence electrons. The van der Waals surface area contributed by atoms with Gasteiger partial charge in [-0.15, -0.1) is 0 Å². The van der Waals surface area contributed by atoms with Crippen LogP contribution in [-0.4, -0.2) is 51.5 Å². The molecule has 0 N–H and O–H groups in total. The zero-order chi connectivity index (χ0) is 20.2. The number of hydrogen-bond donors (Lipinski definition) is 0. The molecule has 1 fully saturated rings. The van der Waals surface area contributed by atoms with Crippen LogP contribution in [0.15, 0.2) is 53.4 Å². The van der Waals surface area contributed by atoms with Gasteiger partial charge < -0.3 is 23.6 Å². The molecule has 1 saturated heterocycles. The summed E-state index contributed by atoms with van der Waals surface area (Å²) in [5, 5.41) is 3.85. The van der Waals surface area contributed by atoms with E-state index in [-0.39, 0.29) is 11.8 Å². The van der Waals surface area contributed by atoms with Gasteiger partial charge in [-0.3, -0.25) is 9.59 Å². The number of fused-ring (bicyclic) bond motifs is 2. The molecule has 8 heteroatoms. The van der Waals surface area contributed by atoms with Crippen LogP contribution in [0.1, 0.15) is 32.1 Å². The number of aromatic nitrogens is 2. The van der Waals surface area contributed by atoms with Crippen LogP contribution in [0.5, 0.6) is 5.75 Å². The Morgan fingerprint density at radius 1 is 1.21 bits per heavy atom. The first-order chi connectivity index (χ1) is 14.1. The van der Waals surface area contributed by atoms with Crippen LogP contribution < -0.4 is 4.74 Å². The summed E-state index contributed by atoms with van der Waals surface area (Å²) in [4.78, 5) is 30.3. The highest BCUT2D eigenvalue weighted by molar-refractivity contribution is 5.98. The predicted octanol–water partition coefficient (Wildman–Crippen LogP) is 2.26. The minimum Gasteiger partial charge on any atom is -0.497 e. The molecule has 5 rings (SSSR count). The molecule has 8 nitrogen and oxygen atoms in total. The van der Waals surface area contributed by atoms with Crippen LogP contribution in [0, 0.1) is 6.92 Å². The molecule has 0 saturated carbocycles. The summed E-state index contributed by atoms with van der Waals surface area (Å²) in [6.07, 6.45) is 3.25. The average molecular weight is 392 g/mol. The van der Waals surface area contributed by atoms with Crippen molar-refractivity contribution in [2.24, 2.45) is 0 Å². The largest absolute Gasteiger partial charge is 0.497 e. The van der Waals surface area contributed by atoms with Gasteiger partial charge in [-0.05, 0) is 31.2 Å². The lowest BCUT2D eigenvalue weighted by molar-refractivity contribution is -0.00598. The Bertz CT molecular complexity index is 1100. The van der Waals surface area contributed by atoms with Gasteiger partial charge in [0.1, 0.15) is 23.3 Å². The van der Waals surface area contributed by atoms with Crippen molar-refractivity contribution in [3.8, 4) is 5.75 Å². The Kier molecular flexibility index (Phi) is 3.77. The molecule has 2 amide bonds. The highest BCUT2D eigenvalue weighted by Crippen LogP contribution is 2.44. The third kappa shape index (κ3) is 2.35. The number of hydrogen-bond acceptors (Lipinski definition) is 5. The number of rotatable bonds is 3. The molecule has 29 heavy (non-hydrogen) atoms. The third-order valence-corrected chi connectivity index (χ3v) is 5.90. The monoisotopic (exact) mass is 392 g/mol. The number of ether oxygens (including phenoxy) is 1. The topological polar surface area (TPSA) is 80.8 Å². The second-order valence-electron chi connectivity index (χ2n) is 7.29. The first kappa shape index (κ1) is 17.5. The van der Waals surface area contributed by atoms with E-state index in [1.54, 1.807) is 23.8 Å². The normalized spacial score (nSPS) is 20.6. The van der Waals surface area contributed by atoms with Crippen LogP contribution in [0.4, 0.5) is 0 Å². The summed E-state index contributed by atoms with van der Waals surface area (Å²) in [5.41, 5.74) is 1.49. The Morgan fingerprint density at radius 3 is 2.69 bits per heavy atom. The van der Waals surface area contributed by atoms with Crippen LogP contribution >= 0.6 is 0 Å². The molecule has 0 aliphatic carbocycles. The van der Waals surface area contributed by atoms with Gasteiger partial charge in [0.25, 0.3) is 11.8 Å². The summed E-state index contributed by atoms with van der Waals surface area (Å²) < 4.78 is 12.2. The smallest absolute Gasteiger partial charge is 0.272 e. The average Bonchev–Trinajstić information content (AvgIpc) is 3.46. The number of methoxy groups -OCH3 is 1. The van der Waals surface area contributed by atoms with E-state index in [4.69, 9.17) is 9.26 Å². The van der Waals surface area contributed by atoms with Gasteiger partial charge in [0.05, 0.1) is 19.3 Å². The lowest BCUT2D eigenvalue weighted by Crippen LogP contribution is -2.60. The first-order valence-electron chi connectivity index (χ1n) is 9.41. The van der Waals surface area contributed by atoms with E-state index in [1.807, 2.05) is 47.2 Å². The fourth-order valence-electron chi connectivity index (χ4n) is 4.45. The van der Waals surface area contributed by atoms with Crippen LogP contribution in [0.3, 0.4) is 0 Å².